The zero-order valence-corrected chi connectivity index (χ0v) is 16.7. The highest BCUT2D eigenvalue weighted by Crippen LogP contribution is 2.26. The van der Waals surface area contributed by atoms with Crippen molar-refractivity contribution in [3.05, 3.63) is 108 Å². The Morgan fingerprint density at radius 1 is 0.903 bits per heavy atom. The topological polar surface area (TPSA) is 61.7 Å². The second kappa shape index (κ2) is 8.17. The monoisotopic (exact) mass is 401 g/mol. The maximum atomic E-state index is 9.75. The lowest BCUT2D eigenvalue weighted by atomic mass is 10.1. The number of hydrogen-bond acceptors (Lipinski definition) is 3. The molecule has 0 unspecified atom stereocenters. The van der Waals surface area contributed by atoms with Gasteiger partial charge in [0, 0.05) is 5.56 Å². The molecule has 0 saturated heterocycles. The van der Waals surface area contributed by atoms with Crippen molar-refractivity contribution in [3.63, 3.8) is 0 Å². The highest BCUT2D eigenvalue weighted by molar-refractivity contribution is 5.91. The predicted octanol–water partition coefficient (Wildman–Crippen LogP) is 6.36. The number of rotatable bonds is 5. The normalized spacial score (nSPS) is 11.5. The van der Waals surface area contributed by atoms with Crippen molar-refractivity contribution < 1.29 is 4.74 Å². The van der Waals surface area contributed by atoms with Crippen LogP contribution < -0.4 is 4.74 Å². The van der Waals surface area contributed by atoms with Crippen LogP contribution in [0.4, 0.5) is 0 Å². The van der Waals surface area contributed by atoms with Crippen molar-refractivity contribution in [2.24, 2.45) is 0 Å². The number of nitriles is 1. The molecule has 0 bridgehead atoms. The van der Waals surface area contributed by atoms with Crippen molar-refractivity contribution in [3.8, 4) is 11.8 Å². The van der Waals surface area contributed by atoms with E-state index in [0.717, 1.165) is 27.9 Å². The van der Waals surface area contributed by atoms with E-state index in [2.05, 4.69) is 46.4 Å². The summed E-state index contributed by atoms with van der Waals surface area (Å²) in [4.78, 5) is 7.76. The lowest BCUT2D eigenvalue weighted by molar-refractivity contribution is 0.306. The number of imidazole rings is 1. The zero-order valence-electron chi connectivity index (χ0n) is 16.7. The summed E-state index contributed by atoms with van der Waals surface area (Å²) in [5.74, 6) is 1.27. The average Bonchev–Trinajstić information content (AvgIpc) is 3.26. The van der Waals surface area contributed by atoms with Crippen molar-refractivity contribution in [1.82, 2.24) is 9.97 Å². The van der Waals surface area contributed by atoms with Crippen LogP contribution in [0.15, 0.2) is 91.0 Å². The molecule has 0 spiro atoms. The van der Waals surface area contributed by atoms with Crippen LogP contribution in [-0.2, 0) is 6.61 Å². The molecule has 0 radical (unpaired) electrons. The molecular weight excluding hydrogens is 382 g/mol. The van der Waals surface area contributed by atoms with Crippen LogP contribution in [0.3, 0.4) is 0 Å². The molecule has 4 heteroatoms. The largest absolute Gasteiger partial charge is 0.488 e. The van der Waals surface area contributed by atoms with E-state index in [9.17, 15) is 5.26 Å². The minimum absolute atomic E-state index is 0.447. The number of benzene rings is 4. The van der Waals surface area contributed by atoms with Crippen LogP contribution >= 0.6 is 0 Å². The molecule has 4 aromatic carbocycles. The molecule has 0 fully saturated rings. The van der Waals surface area contributed by atoms with Crippen LogP contribution in [0.25, 0.3) is 33.5 Å². The SMILES string of the molecule is N#C/C(=C/c1ccccc1OCc1ccc2ccccc2c1)c1nc2ccccc2[nH]1. The van der Waals surface area contributed by atoms with Crippen LogP contribution in [-0.4, -0.2) is 9.97 Å². The lowest BCUT2D eigenvalue weighted by Gasteiger charge is -2.10. The molecule has 0 aliphatic carbocycles. The van der Waals surface area contributed by atoms with Crippen molar-refractivity contribution in [2.45, 2.75) is 6.61 Å². The number of allylic oxidation sites excluding steroid dienone is 1. The van der Waals surface area contributed by atoms with Gasteiger partial charge in [-0.15, -0.1) is 0 Å². The summed E-state index contributed by atoms with van der Waals surface area (Å²) in [6, 6.07) is 32.3. The average molecular weight is 401 g/mol. The van der Waals surface area contributed by atoms with Crippen molar-refractivity contribution in [1.29, 1.82) is 5.26 Å². The first kappa shape index (κ1) is 18.7. The third-order valence-electron chi connectivity index (χ3n) is 5.19. The first-order chi connectivity index (χ1) is 15.3. The maximum absolute atomic E-state index is 9.75. The first-order valence-corrected chi connectivity index (χ1v) is 10.1. The van der Waals surface area contributed by atoms with Crippen LogP contribution in [0.5, 0.6) is 5.75 Å². The smallest absolute Gasteiger partial charge is 0.149 e. The molecule has 1 heterocycles. The summed E-state index contributed by atoms with van der Waals surface area (Å²) in [7, 11) is 0. The number of aromatic nitrogens is 2. The van der Waals surface area contributed by atoms with E-state index in [0.29, 0.717) is 18.0 Å². The number of ether oxygens (including phenoxy) is 1. The second-order valence-corrected chi connectivity index (χ2v) is 7.28. The first-order valence-electron chi connectivity index (χ1n) is 10.1. The molecule has 5 rings (SSSR count). The zero-order chi connectivity index (χ0) is 21.0. The molecule has 31 heavy (non-hydrogen) atoms. The molecule has 0 saturated carbocycles. The Bertz CT molecular complexity index is 1420. The predicted molar refractivity (Wildman–Crippen MR) is 124 cm³/mol. The fourth-order valence-electron chi connectivity index (χ4n) is 3.61. The van der Waals surface area contributed by atoms with E-state index in [4.69, 9.17) is 4.74 Å². The Hall–Kier alpha value is -4.36. The lowest BCUT2D eigenvalue weighted by Crippen LogP contribution is -1.97. The fourth-order valence-corrected chi connectivity index (χ4v) is 3.61. The van der Waals surface area contributed by atoms with Crippen LogP contribution in [0.2, 0.25) is 0 Å². The number of nitrogens with one attached hydrogen (secondary N) is 1. The third kappa shape index (κ3) is 3.90. The molecule has 0 atom stereocenters. The Labute approximate surface area is 180 Å². The molecule has 1 aromatic heterocycles. The van der Waals surface area contributed by atoms with Crippen LogP contribution in [0, 0.1) is 11.3 Å². The van der Waals surface area contributed by atoms with Crippen molar-refractivity contribution >= 4 is 33.5 Å². The summed E-state index contributed by atoms with van der Waals surface area (Å²) < 4.78 is 6.13. The fraction of sp³-hybridized carbons (Fsp3) is 0.0370. The summed E-state index contributed by atoms with van der Waals surface area (Å²) in [6.07, 6.45) is 1.81. The van der Waals surface area contributed by atoms with Crippen LogP contribution in [0.1, 0.15) is 17.0 Å². The second-order valence-electron chi connectivity index (χ2n) is 7.28. The number of H-pyrrole nitrogens is 1. The maximum Gasteiger partial charge on any atom is 0.149 e. The minimum atomic E-state index is 0.447. The highest BCUT2D eigenvalue weighted by atomic mass is 16.5. The minimum Gasteiger partial charge on any atom is -0.488 e. The third-order valence-corrected chi connectivity index (χ3v) is 5.19. The molecule has 0 aliphatic heterocycles. The van der Waals surface area contributed by atoms with E-state index < -0.39 is 0 Å². The Morgan fingerprint density at radius 3 is 2.55 bits per heavy atom. The number of para-hydroxylation sites is 3. The number of aromatic amines is 1. The van der Waals surface area contributed by atoms with Gasteiger partial charge >= 0.3 is 0 Å². The molecular formula is C27H19N3O. The summed E-state index contributed by atoms with van der Waals surface area (Å²) in [5, 5.41) is 12.1. The summed E-state index contributed by atoms with van der Waals surface area (Å²) in [6.45, 7) is 0.447. The van der Waals surface area contributed by atoms with E-state index in [1.54, 1.807) is 0 Å². The van der Waals surface area contributed by atoms with Gasteiger partial charge in [-0.25, -0.2) is 4.98 Å². The van der Waals surface area contributed by atoms with E-state index in [-0.39, 0.29) is 0 Å². The van der Waals surface area contributed by atoms with Gasteiger partial charge in [0.05, 0.1) is 16.6 Å². The molecule has 0 aliphatic rings. The van der Waals surface area contributed by atoms with Gasteiger partial charge < -0.3 is 9.72 Å². The van der Waals surface area contributed by atoms with Gasteiger partial charge in [0.2, 0.25) is 0 Å². The number of hydrogen-bond donors (Lipinski definition) is 1. The summed E-state index contributed by atoms with van der Waals surface area (Å²) >= 11 is 0. The molecule has 1 N–H and O–H groups in total. The standard InChI is InChI=1S/C27H19N3O/c28-17-23(27-29-24-10-4-5-11-25(24)30-27)16-22-9-3-6-12-26(22)31-18-19-13-14-20-7-1-2-8-21(20)15-19/h1-16H,18H2,(H,29,30)/b23-16-. The Morgan fingerprint density at radius 2 is 1.68 bits per heavy atom. The Balaban J connectivity index is 1.43. The van der Waals surface area contributed by atoms with E-state index >= 15 is 0 Å². The van der Waals surface area contributed by atoms with Gasteiger partial charge in [-0.3, -0.25) is 0 Å². The highest BCUT2D eigenvalue weighted by Gasteiger charge is 2.10. The van der Waals surface area contributed by atoms with Gasteiger partial charge in [-0.1, -0.05) is 66.7 Å². The van der Waals surface area contributed by atoms with Gasteiger partial charge in [0.25, 0.3) is 0 Å². The van der Waals surface area contributed by atoms with Crippen molar-refractivity contribution in [2.75, 3.05) is 0 Å². The molecule has 0 amide bonds. The van der Waals surface area contributed by atoms with Gasteiger partial charge in [0.15, 0.2) is 0 Å². The molecule has 4 nitrogen and oxygen atoms in total. The number of fused-ring (bicyclic) bond motifs is 2. The quantitative estimate of drug-likeness (QED) is 0.349. The van der Waals surface area contributed by atoms with E-state index in [1.165, 1.54) is 10.8 Å². The van der Waals surface area contributed by atoms with Gasteiger partial charge in [-0.2, -0.15) is 5.26 Å². The number of nitrogens with zero attached hydrogens (tertiary/aromatic N) is 2. The molecule has 5 aromatic rings. The Kier molecular flexibility index (Phi) is 4.92. The summed E-state index contributed by atoms with van der Waals surface area (Å²) in [5.41, 5.74) is 4.12. The van der Waals surface area contributed by atoms with Gasteiger partial charge in [0.1, 0.15) is 24.3 Å². The van der Waals surface area contributed by atoms with E-state index in [1.807, 2.05) is 66.7 Å². The molecule has 148 valence electrons. The van der Waals surface area contributed by atoms with Gasteiger partial charge in [-0.05, 0) is 46.7 Å².